The predicted octanol–water partition coefficient (Wildman–Crippen LogP) is 1.12. The molecule has 1 amide bonds. The van der Waals surface area contributed by atoms with Gasteiger partial charge in [-0.25, -0.2) is 0 Å². The van der Waals surface area contributed by atoms with Crippen molar-refractivity contribution in [2.24, 2.45) is 5.73 Å². The largest absolute Gasteiger partial charge is 0.361 e. The highest BCUT2D eigenvalue weighted by atomic mass is 16.5. The summed E-state index contributed by atoms with van der Waals surface area (Å²) in [5.41, 5.74) is 6.12. The second kappa shape index (κ2) is 7.00. The van der Waals surface area contributed by atoms with Crippen LogP contribution in [0.3, 0.4) is 0 Å². The zero-order chi connectivity index (χ0) is 11.8. The van der Waals surface area contributed by atoms with Gasteiger partial charge in [-0.05, 0) is 26.3 Å². The first-order valence-electron chi connectivity index (χ1n) is 5.61. The predicted molar refractivity (Wildman–Crippen MR) is 60.6 cm³/mol. The molecule has 0 bridgehead atoms. The molecule has 90 valence electrons. The average Bonchev–Trinajstić information content (AvgIpc) is 2.68. The molecule has 1 aromatic heterocycles. The first-order chi connectivity index (χ1) is 7.72. The van der Waals surface area contributed by atoms with E-state index in [4.69, 9.17) is 10.3 Å². The molecule has 0 aliphatic rings. The summed E-state index contributed by atoms with van der Waals surface area (Å²) in [5, 5.41) is 6.59. The van der Waals surface area contributed by atoms with Crippen LogP contribution in [0, 0.1) is 6.92 Å². The van der Waals surface area contributed by atoms with E-state index in [1.54, 1.807) is 0 Å². The van der Waals surface area contributed by atoms with Gasteiger partial charge in [0.15, 0.2) is 0 Å². The summed E-state index contributed by atoms with van der Waals surface area (Å²) >= 11 is 0. The van der Waals surface area contributed by atoms with Gasteiger partial charge in [0.25, 0.3) is 0 Å². The van der Waals surface area contributed by atoms with Gasteiger partial charge in [-0.15, -0.1) is 0 Å². The van der Waals surface area contributed by atoms with E-state index < -0.39 is 0 Å². The van der Waals surface area contributed by atoms with Crippen molar-refractivity contribution in [3.8, 4) is 0 Å². The highest BCUT2D eigenvalue weighted by molar-refractivity contribution is 5.75. The Hall–Kier alpha value is -1.36. The number of aryl methyl sites for hydroxylation is 1. The molecule has 1 rings (SSSR count). The molecule has 1 heterocycles. The number of carbonyl (C=O) groups excluding carboxylic acids is 1. The Morgan fingerprint density at radius 2 is 2.31 bits per heavy atom. The molecule has 0 saturated heterocycles. The minimum atomic E-state index is 0.0534. The number of nitrogens with one attached hydrogen (secondary N) is 1. The molecular weight excluding hydrogens is 206 g/mol. The van der Waals surface area contributed by atoms with Gasteiger partial charge in [-0.3, -0.25) is 4.79 Å². The lowest BCUT2D eigenvalue weighted by molar-refractivity contribution is -0.121. The summed E-state index contributed by atoms with van der Waals surface area (Å²) in [6.45, 7) is 2.96. The van der Waals surface area contributed by atoms with Gasteiger partial charge in [0.1, 0.15) is 11.5 Å². The molecule has 5 nitrogen and oxygen atoms in total. The molecule has 0 aliphatic heterocycles. The zero-order valence-electron chi connectivity index (χ0n) is 9.66. The van der Waals surface area contributed by atoms with Crippen molar-refractivity contribution in [3.05, 3.63) is 17.5 Å². The smallest absolute Gasteiger partial charge is 0.220 e. The third kappa shape index (κ3) is 4.93. The summed E-state index contributed by atoms with van der Waals surface area (Å²) in [4.78, 5) is 11.4. The van der Waals surface area contributed by atoms with Crippen LogP contribution in [0.4, 0.5) is 0 Å². The molecule has 1 aromatic rings. The van der Waals surface area contributed by atoms with Crippen LogP contribution in [-0.2, 0) is 11.3 Å². The third-order valence-corrected chi connectivity index (χ3v) is 2.25. The standard InChI is InChI=1S/C11H19N3O2/c1-9-7-10(14-16-9)8-13-11(15)5-3-2-4-6-12/h7H,2-6,8,12H2,1H3,(H,13,15). The van der Waals surface area contributed by atoms with E-state index >= 15 is 0 Å². The van der Waals surface area contributed by atoms with Crippen molar-refractivity contribution in [2.45, 2.75) is 39.2 Å². The van der Waals surface area contributed by atoms with E-state index in [-0.39, 0.29) is 5.91 Å². The monoisotopic (exact) mass is 225 g/mol. The molecule has 0 fully saturated rings. The van der Waals surface area contributed by atoms with Crippen LogP contribution in [-0.4, -0.2) is 17.6 Å². The molecule has 0 atom stereocenters. The topological polar surface area (TPSA) is 81.2 Å². The number of unbranched alkanes of at least 4 members (excludes halogenated alkanes) is 2. The normalized spacial score (nSPS) is 10.4. The maximum Gasteiger partial charge on any atom is 0.220 e. The minimum absolute atomic E-state index is 0.0534. The number of nitrogens with two attached hydrogens (primary N) is 1. The van der Waals surface area contributed by atoms with E-state index in [1.165, 1.54) is 0 Å². The Balaban J connectivity index is 2.10. The van der Waals surface area contributed by atoms with Crippen LogP contribution in [0.1, 0.15) is 37.1 Å². The second-order valence-electron chi connectivity index (χ2n) is 3.80. The van der Waals surface area contributed by atoms with Gasteiger partial charge in [-0.1, -0.05) is 11.6 Å². The van der Waals surface area contributed by atoms with E-state index in [1.807, 2.05) is 13.0 Å². The van der Waals surface area contributed by atoms with Crippen molar-refractivity contribution < 1.29 is 9.32 Å². The maximum atomic E-state index is 11.4. The van der Waals surface area contributed by atoms with Gasteiger partial charge in [0.05, 0.1) is 6.54 Å². The number of hydrogen-bond donors (Lipinski definition) is 2. The van der Waals surface area contributed by atoms with Crippen LogP contribution in [0.25, 0.3) is 0 Å². The van der Waals surface area contributed by atoms with Gasteiger partial charge in [0, 0.05) is 12.5 Å². The molecule has 0 spiro atoms. The summed E-state index contributed by atoms with van der Waals surface area (Å²) in [6, 6.07) is 1.81. The van der Waals surface area contributed by atoms with Crippen molar-refractivity contribution in [3.63, 3.8) is 0 Å². The number of carbonyl (C=O) groups is 1. The lowest BCUT2D eigenvalue weighted by Gasteiger charge is -2.02. The Morgan fingerprint density at radius 3 is 2.94 bits per heavy atom. The van der Waals surface area contributed by atoms with Crippen LogP contribution in [0.2, 0.25) is 0 Å². The highest BCUT2D eigenvalue weighted by Gasteiger charge is 2.03. The van der Waals surface area contributed by atoms with E-state index in [0.29, 0.717) is 19.5 Å². The molecule has 5 heteroatoms. The van der Waals surface area contributed by atoms with Crippen molar-refractivity contribution in [1.82, 2.24) is 10.5 Å². The molecule has 0 aromatic carbocycles. The molecule has 3 N–H and O–H groups in total. The summed E-state index contributed by atoms with van der Waals surface area (Å²) in [7, 11) is 0. The molecule has 0 aliphatic carbocycles. The van der Waals surface area contributed by atoms with Crippen LogP contribution < -0.4 is 11.1 Å². The first-order valence-corrected chi connectivity index (χ1v) is 5.61. The molecule has 0 radical (unpaired) electrons. The van der Waals surface area contributed by atoms with Crippen molar-refractivity contribution in [1.29, 1.82) is 0 Å². The molecule has 0 unspecified atom stereocenters. The van der Waals surface area contributed by atoms with E-state index in [9.17, 15) is 4.79 Å². The van der Waals surface area contributed by atoms with Gasteiger partial charge in [0.2, 0.25) is 5.91 Å². The highest BCUT2D eigenvalue weighted by Crippen LogP contribution is 2.02. The fraction of sp³-hybridized carbons (Fsp3) is 0.636. The SMILES string of the molecule is Cc1cc(CNC(=O)CCCCCN)no1. The fourth-order valence-corrected chi connectivity index (χ4v) is 1.39. The number of nitrogens with zero attached hydrogens (tertiary/aromatic N) is 1. The van der Waals surface area contributed by atoms with E-state index in [0.717, 1.165) is 30.7 Å². The summed E-state index contributed by atoms with van der Waals surface area (Å²) in [6.07, 6.45) is 3.43. The number of rotatable bonds is 7. The van der Waals surface area contributed by atoms with Crippen molar-refractivity contribution >= 4 is 5.91 Å². The zero-order valence-corrected chi connectivity index (χ0v) is 9.66. The lowest BCUT2D eigenvalue weighted by atomic mass is 10.2. The quantitative estimate of drug-likeness (QED) is 0.681. The Bertz CT molecular complexity index is 323. The minimum Gasteiger partial charge on any atom is -0.361 e. The lowest BCUT2D eigenvalue weighted by Crippen LogP contribution is -2.22. The fourth-order valence-electron chi connectivity index (χ4n) is 1.39. The first kappa shape index (κ1) is 12.7. The number of amides is 1. The van der Waals surface area contributed by atoms with Crippen LogP contribution >= 0.6 is 0 Å². The number of hydrogen-bond acceptors (Lipinski definition) is 4. The van der Waals surface area contributed by atoms with Gasteiger partial charge < -0.3 is 15.6 Å². The Labute approximate surface area is 95.4 Å². The summed E-state index contributed by atoms with van der Waals surface area (Å²) in [5.74, 6) is 0.810. The Kier molecular flexibility index (Phi) is 5.56. The van der Waals surface area contributed by atoms with Crippen LogP contribution in [0.15, 0.2) is 10.6 Å². The van der Waals surface area contributed by atoms with Crippen LogP contribution in [0.5, 0.6) is 0 Å². The van der Waals surface area contributed by atoms with Gasteiger partial charge >= 0.3 is 0 Å². The Morgan fingerprint density at radius 1 is 1.50 bits per heavy atom. The second-order valence-corrected chi connectivity index (χ2v) is 3.80. The molecule has 16 heavy (non-hydrogen) atoms. The van der Waals surface area contributed by atoms with Gasteiger partial charge in [-0.2, -0.15) is 0 Å². The molecule has 0 saturated carbocycles. The van der Waals surface area contributed by atoms with E-state index in [2.05, 4.69) is 10.5 Å². The average molecular weight is 225 g/mol. The maximum absolute atomic E-state index is 11.4. The van der Waals surface area contributed by atoms with Crippen molar-refractivity contribution in [2.75, 3.05) is 6.54 Å². The third-order valence-electron chi connectivity index (χ3n) is 2.25. The summed E-state index contributed by atoms with van der Waals surface area (Å²) < 4.78 is 4.89. The molecular formula is C11H19N3O2. The number of aromatic nitrogens is 1.